The van der Waals surface area contributed by atoms with Crippen molar-refractivity contribution < 1.29 is 4.52 Å². The van der Waals surface area contributed by atoms with Crippen molar-refractivity contribution in [2.24, 2.45) is 5.92 Å². The maximum Gasteiger partial charge on any atom is 0.262 e. The zero-order valence-corrected chi connectivity index (χ0v) is 16.3. The molecule has 0 aliphatic rings. The molecule has 3 aromatic rings. The highest BCUT2D eigenvalue weighted by atomic mass is 32.2. The van der Waals surface area contributed by atoms with Crippen LogP contribution in [0.2, 0.25) is 0 Å². The summed E-state index contributed by atoms with van der Waals surface area (Å²) in [5.41, 5.74) is 0.735. The third-order valence-electron chi connectivity index (χ3n) is 4.06. The summed E-state index contributed by atoms with van der Waals surface area (Å²) >= 11 is 1.48. The van der Waals surface area contributed by atoms with Gasteiger partial charge in [0.25, 0.3) is 5.56 Å². The Bertz CT molecular complexity index is 933. The van der Waals surface area contributed by atoms with E-state index in [0.29, 0.717) is 40.5 Å². The average Bonchev–Trinajstić information content (AvgIpc) is 3.07. The monoisotopic (exact) mass is 372 g/mol. The number of aryl methyl sites for hydroxylation is 1. The fourth-order valence-corrected chi connectivity index (χ4v) is 3.50. The quantitative estimate of drug-likeness (QED) is 0.438. The fraction of sp³-hybridized carbons (Fsp3) is 0.474. The zero-order valence-electron chi connectivity index (χ0n) is 15.4. The zero-order chi connectivity index (χ0) is 18.5. The smallest absolute Gasteiger partial charge is 0.262 e. The molecule has 26 heavy (non-hydrogen) atoms. The van der Waals surface area contributed by atoms with E-state index in [2.05, 4.69) is 30.9 Å². The Kier molecular flexibility index (Phi) is 6.08. The van der Waals surface area contributed by atoms with Crippen LogP contribution in [0, 0.1) is 5.92 Å². The highest BCUT2D eigenvalue weighted by molar-refractivity contribution is 7.98. The van der Waals surface area contributed by atoms with E-state index in [9.17, 15) is 4.79 Å². The van der Waals surface area contributed by atoms with Crippen LogP contribution < -0.4 is 5.56 Å². The molecular formula is C19H24N4O2S. The van der Waals surface area contributed by atoms with Gasteiger partial charge in [0.05, 0.1) is 16.7 Å². The maximum atomic E-state index is 12.9. The third-order valence-corrected chi connectivity index (χ3v) is 5.03. The predicted molar refractivity (Wildman–Crippen MR) is 103 cm³/mol. The Hall–Kier alpha value is -2.15. The minimum atomic E-state index is 0.0125. The van der Waals surface area contributed by atoms with Crippen LogP contribution in [0.15, 0.2) is 38.7 Å². The van der Waals surface area contributed by atoms with E-state index in [1.165, 1.54) is 11.8 Å². The van der Waals surface area contributed by atoms with Gasteiger partial charge in [0.2, 0.25) is 5.89 Å². The second-order valence-corrected chi connectivity index (χ2v) is 7.64. The molecule has 0 saturated carbocycles. The summed E-state index contributed by atoms with van der Waals surface area (Å²) in [5, 5.41) is 5.38. The molecule has 1 aromatic carbocycles. The van der Waals surface area contributed by atoms with E-state index in [4.69, 9.17) is 9.51 Å². The van der Waals surface area contributed by atoms with Crippen LogP contribution in [0.25, 0.3) is 10.9 Å². The van der Waals surface area contributed by atoms with Gasteiger partial charge in [-0.25, -0.2) is 4.98 Å². The molecule has 0 aliphatic carbocycles. The fourth-order valence-electron chi connectivity index (χ4n) is 2.64. The van der Waals surface area contributed by atoms with Crippen molar-refractivity contribution in [3.05, 3.63) is 46.3 Å². The maximum absolute atomic E-state index is 12.9. The molecule has 0 bridgehead atoms. The van der Waals surface area contributed by atoms with Crippen molar-refractivity contribution in [3.63, 3.8) is 0 Å². The first-order chi connectivity index (χ1) is 12.6. The van der Waals surface area contributed by atoms with Gasteiger partial charge in [0.1, 0.15) is 0 Å². The lowest BCUT2D eigenvalue weighted by atomic mass is 10.1. The molecule has 3 rings (SSSR count). The first kappa shape index (κ1) is 18.6. The van der Waals surface area contributed by atoms with Crippen molar-refractivity contribution in [2.75, 3.05) is 0 Å². The summed E-state index contributed by atoms with van der Waals surface area (Å²) in [4.78, 5) is 22.0. The van der Waals surface area contributed by atoms with Crippen molar-refractivity contribution in [1.29, 1.82) is 0 Å². The van der Waals surface area contributed by atoms with Crippen LogP contribution in [-0.4, -0.2) is 19.7 Å². The number of benzene rings is 1. The van der Waals surface area contributed by atoms with E-state index >= 15 is 0 Å². The molecule has 0 aliphatic heterocycles. The van der Waals surface area contributed by atoms with Gasteiger partial charge in [0, 0.05) is 13.0 Å². The second kappa shape index (κ2) is 8.49. The average molecular weight is 372 g/mol. The highest BCUT2D eigenvalue weighted by Gasteiger charge is 2.14. The van der Waals surface area contributed by atoms with Gasteiger partial charge in [-0.05, 0) is 30.9 Å². The van der Waals surface area contributed by atoms with E-state index in [0.717, 1.165) is 24.8 Å². The van der Waals surface area contributed by atoms with E-state index in [-0.39, 0.29) is 5.56 Å². The molecule has 2 aromatic heterocycles. The predicted octanol–water partition coefficient (Wildman–Crippen LogP) is 4.07. The summed E-state index contributed by atoms with van der Waals surface area (Å²) in [6.07, 6.45) is 2.68. The Morgan fingerprint density at radius 1 is 1.23 bits per heavy atom. The molecular weight excluding hydrogens is 348 g/mol. The van der Waals surface area contributed by atoms with Gasteiger partial charge in [0.15, 0.2) is 11.0 Å². The topological polar surface area (TPSA) is 73.8 Å². The minimum absolute atomic E-state index is 0.0125. The number of fused-ring (bicyclic) bond motifs is 1. The van der Waals surface area contributed by atoms with Crippen molar-refractivity contribution in [1.82, 2.24) is 19.7 Å². The Morgan fingerprint density at radius 2 is 2.04 bits per heavy atom. The van der Waals surface area contributed by atoms with Gasteiger partial charge in [-0.2, -0.15) is 4.98 Å². The van der Waals surface area contributed by atoms with Gasteiger partial charge in [-0.3, -0.25) is 9.36 Å². The second-order valence-electron chi connectivity index (χ2n) is 6.69. The van der Waals surface area contributed by atoms with Crippen LogP contribution in [0.4, 0.5) is 0 Å². The van der Waals surface area contributed by atoms with Crippen LogP contribution in [0.5, 0.6) is 0 Å². The Balaban J connectivity index is 1.89. The lowest BCUT2D eigenvalue weighted by Gasteiger charge is -2.13. The van der Waals surface area contributed by atoms with Crippen LogP contribution in [0.1, 0.15) is 45.3 Å². The molecule has 0 unspecified atom stereocenters. The number of hydrogen-bond acceptors (Lipinski definition) is 6. The van der Waals surface area contributed by atoms with Crippen molar-refractivity contribution >= 4 is 22.7 Å². The lowest BCUT2D eigenvalue weighted by molar-refractivity contribution is 0.373. The molecule has 6 nitrogen and oxygen atoms in total. The summed E-state index contributed by atoms with van der Waals surface area (Å²) in [5.74, 6) is 2.34. The summed E-state index contributed by atoms with van der Waals surface area (Å²) < 4.78 is 7.01. The molecule has 7 heteroatoms. The molecule has 0 fully saturated rings. The molecule has 0 N–H and O–H groups in total. The molecule has 0 spiro atoms. The summed E-state index contributed by atoms with van der Waals surface area (Å²) in [6.45, 7) is 7.04. The van der Waals surface area contributed by atoms with Crippen LogP contribution in [0.3, 0.4) is 0 Å². The van der Waals surface area contributed by atoms with Crippen LogP contribution >= 0.6 is 11.8 Å². The summed E-state index contributed by atoms with van der Waals surface area (Å²) in [7, 11) is 0. The normalized spacial score (nSPS) is 11.5. The third kappa shape index (κ3) is 4.33. The Labute approximate surface area is 157 Å². The Morgan fingerprint density at radius 3 is 2.81 bits per heavy atom. The number of rotatable bonds is 8. The molecule has 138 valence electrons. The molecule has 0 atom stereocenters. The first-order valence-electron chi connectivity index (χ1n) is 9.02. The number of aromatic nitrogens is 4. The first-order valence-corrected chi connectivity index (χ1v) is 10.0. The molecule has 0 saturated heterocycles. The molecule has 0 radical (unpaired) electrons. The van der Waals surface area contributed by atoms with E-state index in [1.54, 1.807) is 4.57 Å². The summed E-state index contributed by atoms with van der Waals surface area (Å²) in [6, 6.07) is 7.49. The van der Waals surface area contributed by atoms with E-state index in [1.807, 2.05) is 24.3 Å². The number of nitrogens with zero attached hydrogens (tertiary/aromatic N) is 4. The van der Waals surface area contributed by atoms with Gasteiger partial charge in [-0.1, -0.05) is 49.8 Å². The van der Waals surface area contributed by atoms with Crippen molar-refractivity contribution in [2.45, 2.75) is 57.5 Å². The lowest BCUT2D eigenvalue weighted by Crippen LogP contribution is -2.24. The van der Waals surface area contributed by atoms with Crippen molar-refractivity contribution in [3.8, 4) is 0 Å². The largest absolute Gasteiger partial charge is 0.339 e. The van der Waals surface area contributed by atoms with E-state index < -0.39 is 0 Å². The number of para-hydroxylation sites is 1. The molecule has 2 heterocycles. The SMILES string of the molecule is CCCc1nc(CSc2nc3ccccc3c(=O)n2CCC(C)C)no1. The van der Waals surface area contributed by atoms with Gasteiger partial charge >= 0.3 is 0 Å². The minimum Gasteiger partial charge on any atom is -0.339 e. The van der Waals surface area contributed by atoms with Crippen LogP contribution in [-0.2, 0) is 18.7 Å². The number of thioether (sulfide) groups is 1. The number of hydrogen-bond donors (Lipinski definition) is 0. The van der Waals surface area contributed by atoms with Gasteiger partial charge < -0.3 is 4.52 Å². The molecule has 0 amide bonds. The van der Waals surface area contributed by atoms with Gasteiger partial charge in [-0.15, -0.1) is 0 Å². The standard InChI is InChI=1S/C19H24N4O2S/c1-4-7-17-21-16(22-25-17)12-26-19-20-15-9-6-5-8-14(15)18(24)23(19)11-10-13(2)3/h5-6,8-9,13H,4,7,10-12H2,1-3H3. The highest BCUT2D eigenvalue weighted by Crippen LogP contribution is 2.22.